The number of rotatable bonds is 5. The summed E-state index contributed by atoms with van der Waals surface area (Å²) in [6.45, 7) is 3.14. The van der Waals surface area contributed by atoms with Gasteiger partial charge >= 0.3 is 0 Å². The average molecular weight is 307 g/mol. The Bertz CT molecular complexity index is 599. The number of sulfone groups is 1. The van der Waals surface area contributed by atoms with Gasteiger partial charge in [0.25, 0.3) is 5.69 Å². The van der Waals surface area contributed by atoms with E-state index in [0.717, 1.165) is 6.26 Å². The van der Waals surface area contributed by atoms with Crippen molar-refractivity contribution in [2.45, 2.75) is 18.6 Å². The summed E-state index contributed by atoms with van der Waals surface area (Å²) in [7, 11) is -3.28. The van der Waals surface area contributed by atoms with Gasteiger partial charge in [-0.1, -0.05) is 11.6 Å². The normalized spacial score (nSPS) is 12.2. The molecule has 1 aromatic rings. The number of benzene rings is 1. The first-order valence-electron chi connectivity index (χ1n) is 5.42. The summed E-state index contributed by atoms with van der Waals surface area (Å²) in [5, 5.41) is 14.0. The van der Waals surface area contributed by atoms with Crippen LogP contribution in [0.4, 0.5) is 11.4 Å². The van der Waals surface area contributed by atoms with E-state index in [2.05, 4.69) is 5.32 Å². The van der Waals surface area contributed by atoms with E-state index in [1.807, 2.05) is 0 Å². The van der Waals surface area contributed by atoms with E-state index in [4.69, 9.17) is 11.6 Å². The second-order valence-electron chi connectivity index (χ2n) is 4.80. The van der Waals surface area contributed by atoms with E-state index < -0.39 is 19.5 Å². The number of nitro benzene ring substituents is 1. The lowest BCUT2D eigenvalue weighted by Gasteiger charge is -2.23. The van der Waals surface area contributed by atoms with Gasteiger partial charge in [-0.3, -0.25) is 10.1 Å². The molecule has 0 spiro atoms. The topological polar surface area (TPSA) is 89.3 Å². The van der Waals surface area contributed by atoms with Crippen LogP contribution in [0.3, 0.4) is 0 Å². The first-order chi connectivity index (χ1) is 8.54. The summed E-state index contributed by atoms with van der Waals surface area (Å²) < 4.78 is 22.1. The van der Waals surface area contributed by atoms with Crippen LogP contribution in [0.15, 0.2) is 18.2 Å². The van der Waals surface area contributed by atoms with Gasteiger partial charge < -0.3 is 5.32 Å². The van der Waals surface area contributed by atoms with Crippen molar-refractivity contribution in [2.75, 3.05) is 18.1 Å². The van der Waals surface area contributed by atoms with Crippen molar-refractivity contribution < 1.29 is 13.3 Å². The molecule has 0 bridgehead atoms. The number of hydrogen-bond acceptors (Lipinski definition) is 5. The Morgan fingerprint density at radius 1 is 1.42 bits per heavy atom. The summed E-state index contributed by atoms with van der Waals surface area (Å²) >= 11 is 5.78. The zero-order valence-corrected chi connectivity index (χ0v) is 12.4. The van der Waals surface area contributed by atoms with Crippen molar-refractivity contribution in [1.29, 1.82) is 0 Å². The molecule has 0 aromatic heterocycles. The van der Waals surface area contributed by atoms with Gasteiger partial charge in [0.15, 0.2) is 9.84 Å². The molecule has 0 aliphatic carbocycles. The van der Waals surface area contributed by atoms with Crippen molar-refractivity contribution in [3.63, 3.8) is 0 Å². The summed E-state index contributed by atoms with van der Waals surface area (Å²) in [5.74, 6) is 0. The fourth-order valence-electron chi connectivity index (χ4n) is 1.25. The lowest BCUT2D eigenvalue weighted by molar-refractivity contribution is -0.384. The van der Waals surface area contributed by atoms with Gasteiger partial charge in [-0.25, -0.2) is 8.42 Å². The van der Waals surface area contributed by atoms with Gasteiger partial charge in [0.2, 0.25) is 0 Å². The van der Waals surface area contributed by atoms with E-state index >= 15 is 0 Å². The monoisotopic (exact) mass is 306 g/mol. The Balaban J connectivity index is 3.01. The molecule has 0 saturated carbocycles. The molecule has 0 saturated heterocycles. The summed E-state index contributed by atoms with van der Waals surface area (Å²) in [5.41, 5.74) is 0.0583. The first-order valence-corrected chi connectivity index (χ1v) is 7.69. The standard InChI is InChI=1S/C11H15ClN2O4S/c1-11(2,19(3,17)18)7-13-9-6-8(12)4-5-10(9)14(15)16/h4-6,13H,7H2,1-3H3. The molecule has 1 rings (SSSR count). The molecule has 8 heteroatoms. The molecule has 0 aliphatic rings. The Labute approximate surface area is 116 Å². The maximum atomic E-state index is 11.6. The predicted octanol–water partition coefficient (Wildman–Crippen LogP) is 2.48. The quantitative estimate of drug-likeness (QED) is 0.667. The summed E-state index contributed by atoms with van der Waals surface area (Å²) in [6, 6.07) is 4.09. The van der Waals surface area contributed by atoms with Crippen LogP contribution in [0.5, 0.6) is 0 Å². The van der Waals surface area contributed by atoms with Crippen LogP contribution < -0.4 is 5.32 Å². The number of halogens is 1. The molecule has 0 atom stereocenters. The highest BCUT2D eigenvalue weighted by atomic mass is 35.5. The third kappa shape index (κ3) is 3.81. The maximum absolute atomic E-state index is 11.6. The zero-order valence-electron chi connectivity index (χ0n) is 10.8. The number of nitrogens with one attached hydrogen (secondary N) is 1. The number of nitrogens with zero attached hydrogens (tertiary/aromatic N) is 1. The predicted molar refractivity (Wildman–Crippen MR) is 75.5 cm³/mol. The number of nitro groups is 1. The van der Waals surface area contributed by atoms with Crippen molar-refractivity contribution >= 4 is 32.8 Å². The van der Waals surface area contributed by atoms with Crippen LogP contribution in [0.1, 0.15) is 13.8 Å². The van der Waals surface area contributed by atoms with E-state index in [1.165, 1.54) is 18.2 Å². The molecule has 0 amide bonds. The molecule has 0 unspecified atom stereocenters. The van der Waals surface area contributed by atoms with Crippen molar-refractivity contribution in [2.24, 2.45) is 0 Å². The highest BCUT2D eigenvalue weighted by Crippen LogP contribution is 2.28. The third-order valence-electron chi connectivity index (χ3n) is 2.86. The molecule has 0 radical (unpaired) electrons. The second kappa shape index (κ2) is 5.34. The molecule has 106 valence electrons. The minimum Gasteiger partial charge on any atom is -0.378 e. The van der Waals surface area contributed by atoms with Crippen LogP contribution in [-0.2, 0) is 9.84 Å². The van der Waals surface area contributed by atoms with Crippen LogP contribution in [0.2, 0.25) is 5.02 Å². The molecular weight excluding hydrogens is 292 g/mol. The zero-order chi connectivity index (χ0) is 14.8. The van der Waals surface area contributed by atoms with Gasteiger partial charge in [0.1, 0.15) is 5.69 Å². The Morgan fingerprint density at radius 3 is 2.47 bits per heavy atom. The number of anilines is 1. The maximum Gasteiger partial charge on any atom is 0.292 e. The van der Waals surface area contributed by atoms with Gasteiger partial charge in [-0.15, -0.1) is 0 Å². The highest BCUT2D eigenvalue weighted by Gasteiger charge is 2.30. The molecule has 0 aliphatic heterocycles. The molecular formula is C11H15ClN2O4S. The average Bonchev–Trinajstić information content (AvgIpc) is 2.24. The third-order valence-corrected chi connectivity index (χ3v) is 5.25. The lowest BCUT2D eigenvalue weighted by Crippen LogP contribution is -2.38. The van der Waals surface area contributed by atoms with Gasteiger partial charge in [-0.2, -0.15) is 0 Å². The Morgan fingerprint density at radius 2 is 2.00 bits per heavy atom. The SMILES string of the molecule is CC(C)(CNc1cc(Cl)ccc1[N+](=O)[O-])S(C)(=O)=O. The highest BCUT2D eigenvalue weighted by molar-refractivity contribution is 7.92. The van der Waals surface area contributed by atoms with Gasteiger partial charge in [0, 0.05) is 23.9 Å². The minimum atomic E-state index is -3.28. The molecule has 1 N–H and O–H groups in total. The fraction of sp³-hybridized carbons (Fsp3) is 0.455. The molecule has 0 fully saturated rings. The summed E-state index contributed by atoms with van der Waals surface area (Å²) in [6.07, 6.45) is 1.13. The smallest absolute Gasteiger partial charge is 0.292 e. The molecule has 1 aromatic carbocycles. The van der Waals surface area contributed by atoms with Crippen LogP contribution in [0, 0.1) is 10.1 Å². The van der Waals surface area contributed by atoms with Gasteiger partial charge in [0.05, 0.1) is 9.67 Å². The van der Waals surface area contributed by atoms with Crippen molar-refractivity contribution in [3.05, 3.63) is 33.3 Å². The van der Waals surface area contributed by atoms with E-state index in [1.54, 1.807) is 13.8 Å². The largest absolute Gasteiger partial charge is 0.378 e. The minimum absolute atomic E-state index is 0.0486. The van der Waals surface area contributed by atoms with Gasteiger partial charge in [-0.05, 0) is 26.0 Å². The Kier molecular flexibility index (Phi) is 4.42. The molecule has 0 heterocycles. The van der Waals surface area contributed by atoms with Crippen molar-refractivity contribution in [1.82, 2.24) is 0 Å². The Hall–Kier alpha value is -1.34. The van der Waals surface area contributed by atoms with Crippen LogP contribution >= 0.6 is 11.6 Å². The van der Waals surface area contributed by atoms with E-state index in [-0.39, 0.29) is 17.9 Å². The van der Waals surface area contributed by atoms with E-state index in [9.17, 15) is 18.5 Å². The lowest BCUT2D eigenvalue weighted by atomic mass is 10.2. The molecule has 6 nitrogen and oxygen atoms in total. The van der Waals surface area contributed by atoms with Crippen LogP contribution in [-0.4, -0.2) is 30.9 Å². The van der Waals surface area contributed by atoms with Crippen molar-refractivity contribution in [3.8, 4) is 0 Å². The summed E-state index contributed by atoms with van der Waals surface area (Å²) in [4.78, 5) is 10.3. The second-order valence-corrected chi connectivity index (χ2v) is 7.89. The number of hydrogen-bond donors (Lipinski definition) is 1. The molecule has 19 heavy (non-hydrogen) atoms. The van der Waals surface area contributed by atoms with Crippen LogP contribution in [0.25, 0.3) is 0 Å². The fourth-order valence-corrected chi connectivity index (χ4v) is 1.75. The first kappa shape index (κ1) is 15.7. The van der Waals surface area contributed by atoms with E-state index in [0.29, 0.717) is 5.02 Å².